The van der Waals surface area contributed by atoms with E-state index in [1.54, 1.807) is 4.90 Å². The maximum absolute atomic E-state index is 12.6. The summed E-state index contributed by atoms with van der Waals surface area (Å²) in [5.74, 6) is -1.03. The first-order chi connectivity index (χ1) is 11.6. The maximum Gasteiger partial charge on any atom is 0.243 e. The van der Waals surface area contributed by atoms with Gasteiger partial charge in [0, 0.05) is 13.1 Å². The number of carbonyl (C=O) groups is 3. The van der Waals surface area contributed by atoms with Gasteiger partial charge in [-0.15, -0.1) is 0 Å². The quantitative estimate of drug-likeness (QED) is 0.612. The minimum atomic E-state index is -0.266. The lowest BCUT2D eigenvalue weighted by molar-refractivity contribution is -0.146. The fourth-order valence-corrected chi connectivity index (χ4v) is 3.97. The number of carbonyl (C=O) groups excluding carboxylic acids is 3. The highest BCUT2D eigenvalue weighted by Gasteiger charge is 2.47. The molecule has 5 nitrogen and oxygen atoms in total. The second-order valence-electron chi connectivity index (χ2n) is 6.75. The van der Waals surface area contributed by atoms with E-state index in [0.29, 0.717) is 25.9 Å². The van der Waals surface area contributed by atoms with Crippen LogP contribution in [-0.4, -0.2) is 40.6 Å². The molecule has 2 unspecified atom stereocenters. The molecular formula is C19H20N2O3. The van der Waals surface area contributed by atoms with Crippen LogP contribution in [-0.2, 0) is 27.3 Å². The van der Waals surface area contributed by atoms with Crippen LogP contribution in [0.25, 0.3) is 0 Å². The largest absolute Gasteiger partial charge is 0.336 e. The van der Waals surface area contributed by atoms with Gasteiger partial charge >= 0.3 is 0 Å². The first kappa shape index (κ1) is 15.1. The molecule has 1 fully saturated rings. The molecule has 2 atom stereocenters. The normalized spacial score (nSPS) is 25.7. The average Bonchev–Trinajstić information content (AvgIpc) is 2.86. The lowest BCUT2D eigenvalue weighted by atomic mass is 9.85. The molecule has 1 aromatic carbocycles. The van der Waals surface area contributed by atoms with Gasteiger partial charge < -0.3 is 4.90 Å². The minimum absolute atomic E-state index is 0.118. The Morgan fingerprint density at radius 2 is 1.62 bits per heavy atom. The fraction of sp³-hybridized carbons (Fsp3) is 0.421. The van der Waals surface area contributed by atoms with Gasteiger partial charge in [-0.3, -0.25) is 19.3 Å². The second kappa shape index (κ2) is 5.89. The van der Waals surface area contributed by atoms with Gasteiger partial charge in [0.05, 0.1) is 11.8 Å². The zero-order valence-corrected chi connectivity index (χ0v) is 13.5. The number of rotatable bonds is 2. The number of likely N-dealkylation sites (tertiary alicyclic amines) is 1. The Labute approximate surface area is 140 Å². The summed E-state index contributed by atoms with van der Waals surface area (Å²) in [6.45, 7) is 1.08. The number of fused-ring (bicyclic) bond motifs is 2. The van der Waals surface area contributed by atoms with Gasteiger partial charge in [-0.1, -0.05) is 36.4 Å². The van der Waals surface area contributed by atoms with E-state index >= 15 is 0 Å². The molecule has 3 aliphatic rings. The zero-order chi connectivity index (χ0) is 16.7. The third kappa shape index (κ3) is 2.44. The predicted octanol–water partition coefficient (Wildman–Crippen LogP) is 1.52. The fourth-order valence-electron chi connectivity index (χ4n) is 3.97. The molecule has 0 spiro atoms. The second-order valence-corrected chi connectivity index (χ2v) is 6.75. The third-order valence-corrected chi connectivity index (χ3v) is 5.38. The highest BCUT2D eigenvalue weighted by Crippen LogP contribution is 2.35. The summed E-state index contributed by atoms with van der Waals surface area (Å²) in [6, 6.07) is 8.09. The van der Waals surface area contributed by atoms with Gasteiger partial charge in [0.25, 0.3) is 0 Å². The lowest BCUT2D eigenvalue weighted by Crippen LogP contribution is -2.44. The molecule has 0 bridgehead atoms. The summed E-state index contributed by atoms with van der Waals surface area (Å²) < 4.78 is 0. The number of nitrogens with zero attached hydrogens (tertiary/aromatic N) is 2. The van der Waals surface area contributed by atoms with Crippen LogP contribution in [0.4, 0.5) is 0 Å². The number of imide groups is 1. The van der Waals surface area contributed by atoms with Crippen molar-refractivity contribution in [1.29, 1.82) is 0 Å². The summed E-state index contributed by atoms with van der Waals surface area (Å²) in [6.07, 6.45) is 5.95. The van der Waals surface area contributed by atoms with Crippen molar-refractivity contribution < 1.29 is 14.4 Å². The molecule has 0 radical (unpaired) electrons. The smallest absolute Gasteiger partial charge is 0.243 e. The van der Waals surface area contributed by atoms with Crippen LogP contribution in [0.2, 0.25) is 0 Å². The highest BCUT2D eigenvalue weighted by atomic mass is 16.2. The van der Waals surface area contributed by atoms with Crippen molar-refractivity contribution in [3.8, 4) is 0 Å². The first-order valence-corrected chi connectivity index (χ1v) is 8.50. The summed E-state index contributed by atoms with van der Waals surface area (Å²) >= 11 is 0. The Hall–Kier alpha value is -2.43. The van der Waals surface area contributed by atoms with E-state index in [-0.39, 0.29) is 36.1 Å². The third-order valence-electron chi connectivity index (χ3n) is 5.38. The zero-order valence-electron chi connectivity index (χ0n) is 13.5. The van der Waals surface area contributed by atoms with Gasteiger partial charge in [0.1, 0.15) is 6.54 Å². The van der Waals surface area contributed by atoms with Gasteiger partial charge in [0.15, 0.2) is 0 Å². The molecule has 24 heavy (non-hydrogen) atoms. The number of hydrogen-bond donors (Lipinski definition) is 0. The predicted molar refractivity (Wildman–Crippen MR) is 87.6 cm³/mol. The number of amides is 3. The Bertz CT molecular complexity index is 714. The summed E-state index contributed by atoms with van der Waals surface area (Å²) in [7, 11) is 0. The number of benzene rings is 1. The molecule has 1 saturated heterocycles. The van der Waals surface area contributed by atoms with E-state index in [1.165, 1.54) is 10.5 Å². The van der Waals surface area contributed by atoms with E-state index in [9.17, 15) is 14.4 Å². The van der Waals surface area contributed by atoms with Gasteiger partial charge in [-0.05, 0) is 30.4 Å². The lowest BCUT2D eigenvalue weighted by Gasteiger charge is -2.30. The van der Waals surface area contributed by atoms with E-state index in [4.69, 9.17) is 0 Å². The molecule has 0 saturated carbocycles. The molecule has 4 rings (SSSR count). The number of allylic oxidation sites excluding steroid dienone is 2. The average molecular weight is 324 g/mol. The number of hydrogen-bond acceptors (Lipinski definition) is 3. The molecule has 1 aromatic rings. The van der Waals surface area contributed by atoms with Crippen molar-refractivity contribution in [3.63, 3.8) is 0 Å². The molecule has 1 aliphatic carbocycles. The van der Waals surface area contributed by atoms with Crippen LogP contribution >= 0.6 is 0 Å². The van der Waals surface area contributed by atoms with Crippen molar-refractivity contribution in [2.75, 3.05) is 13.1 Å². The summed E-state index contributed by atoms with van der Waals surface area (Å²) in [4.78, 5) is 40.5. The standard InChI is InChI=1S/C19H20N2O3/c22-17(20-10-9-13-5-1-2-6-14(13)11-20)12-21-18(23)15-7-3-4-8-16(15)19(21)24/h1-6,15-16H,7-12H2. The molecule has 5 heteroatoms. The van der Waals surface area contributed by atoms with Crippen molar-refractivity contribution in [3.05, 3.63) is 47.5 Å². The van der Waals surface area contributed by atoms with E-state index in [1.807, 2.05) is 30.4 Å². The van der Waals surface area contributed by atoms with E-state index < -0.39 is 0 Å². The van der Waals surface area contributed by atoms with Crippen LogP contribution in [0, 0.1) is 11.8 Å². The minimum Gasteiger partial charge on any atom is -0.336 e. The van der Waals surface area contributed by atoms with Crippen LogP contribution in [0.5, 0.6) is 0 Å². The molecule has 2 heterocycles. The van der Waals surface area contributed by atoms with Crippen LogP contribution in [0.1, 0.15) is 24.0 Å². The molecule has 0 aromatic heterocycles. The molecular weight excluding hydrogens is 304 g/mol. The SMILES string of the molecule is O=C(CN1C(=O)C2CC=CCC2C1=O)N1CCc2ccccc2C1. The highest BCUT2D eigenvalue weighted by molar-refractivity contribution is 6.07. The molecule has 124 valence electrons. The van der Waals surface area contributed by atoms with Crippen LogP contribution < -0.4 is 0 Å². The Morgan fingerprint density at radius 1 is 1.00 bits per heavy atom. The summed E-state index contributed by atoms with van der Waals surface area (Å²) in [5, 5.41) is 0. The van der Waals surface area contributed by atoms with Gasteiger partial charge in [-0.2, -0.15) is 0 Å². The Morgan fingerprint density at radius 3 is 2.29 bits per heavy atom. The van der Waals surface area contributed by atoms with Crippen LogP contribution in [0.15, 0.2) is 36.4 Å². The van der Waals surface area contributed by atoms with Crippen molar-refractivity contribution in [2.24, 2.45) is 11.8 Å². The van der Waals surface area contributed by atoms with E-state index in [2.05, 4.69) is 6.07 Å². The van der Waals surface area contributed by atoms with Gasteiger partial charge in [-0.25, -0.2) is 0 Å². The first-order valence-electron chi connectivity index (χ1n) is 8.50. The molecule has 0 N–H and O–H groups in total. The summed E-state index contributed by atoms with van der Waals surface area (Å²) in [5.41, 5.74) is 2.42. The van der Waals surface area contributed by atoms with Crippen molar-refractivity contribution in [1.82, 2.24) is 9.80 Å². The maximum atomic E-state index is 12.6. The van der Waals surface area contributed by atoms with Gasteiger partial charge in [0.2, 0.25) is 17.7 Å². The van der Waals surface area contributed by atoms with Crippen molar-refractivity contribution in [2.45, 2.75) is 25.8 Å². The Balaban J connectivity index is 1.45. The Kier molecular flexibility index (Phi) is 3.71. The molecule has 2 aliphatic heterocycles. The molecule has 3 amide bonds. The van der Waals surface area contributed by atoms with E-state index in [0.717, 1.165) is 12.0 Å². The monoisotopic (exact) mass is 324 g/mol. The van der Waals surface area contributed by atoms with Crippen molar-refractivity contribution >= 4 is 17.7 Å². The topological polar surface area (TPSA) is 57.7 Å². The van der Waals surface area contributed by atoms with Crippen LogP contribution in [0.3, 0.4) is 0 Å².